The molecular formula is C10H7ClN2O6. The van der Waals surface area contributed by atoms with Gasteiger partial charge in [-0.25, -0.2) is 9.36 Å². The van der Waals surface area contributed by atoms with Crippen molar-refractivity contribution in [2.45, 2.75) is 6.54 Å². The van der Waals surface area contributed by atoms with E-state index in [1.165, 1.54) is 18.2 Å². The van der Waals surface area contributed by atoms with E-state index >= 15 is 0 Å². The Hall–Kier alpha value is -2.35. The molecule has 0 fully saturated rings. The lowest BCUT2D eigenvalue weighted by atomic mass is 10.2. The van der Waals surface area contributed by atoms with Crippen molar-refractivity contribution in [2.75, 3.05) is 6.61 Å². The third-order valence-electron chi connectivity index (χ3n) is 2.35. The van der Waals surface area contributed by atoms with E-state index in [1.54, 1.807) is 0 Å². The molecule has 1 heterocycles. The van der Waals surface area contributed by atoms with Crippen LogP contribution < -0.4 is 11.3 Å². The highest BCUT2D eigenvalue weighted by Gasteiger charge is 2.10. The third-order valence-corrected chi connectivity index (χ3v) is 2.58. The topological polar surface area (TPSA) is 105 Å². The number of hydrogen-bond donors (Lipinski definition) is 0. The Morgan fingerprint density at radius 1 is 1.42 bits per heavy atom. The van der Waals surface area contributed by atoms with Crippen LogP contribution in [0.25, 0.3) is 11.0 Å². The van der Waals surface area contributed by atoms with Gasteiger partial charge in [-0.15, -0.1) is 10.1 Å². The minimum Gasteiger partial charge on any atom is -0.409 e. The Kier molecular flexibility index (Phi) is 3.52. The molecule has 0 aliphatic rings. The fraction of sp³-hybridized carbons (Fsp3) is 0.200. The van der Waals surface area contributed by atoms with Gasteiger partial charge in [0.05, 0.1) is 11.9 Å². The zero-order valence-electron chi connectivity index (χ0n) is 9.37. The molecule has 0 radical (unpaired) electrons. The maximum Gasteiger partial charge on any atom is 0.422 e. The molecule has 0 aliphatic heterocycles. The van der Waals surface area contributed by atoms with Crippen LogP contribution in [0.1, 0.15) is 0 Å². The van der Waals surface area contributed by atoms with Crippen molar-refractivity contribution in [1.29, 1.82) is 0 Å². The molecule has 0 unspecified atom stereocenters. The zero-order valence-corrected chi connectivity index (χ0v) is 10.1. The first-order chi connectivity index (χ1) is 8.99. The molecule has 8 nitrogen and oxygen atoms in total. The number of aromatic nitrogens is 1. The van der Waals surface area contributed by atoms with Crippen molar-refractivity contribution in [3.63, 3.8) is 0 Å². The Morgan fingerprint density at radius 2 is 2.16 bits per heavy atom. The highest BCUT2D eigenvalue weighted by atomic mass is 35.5. The summed E-state index contributed by atoms with van der Waals surface area (Å²) in [6.45, 7) is -0.697. The van der Waals surface area contributed by atoms with Gasteiger partial charge in [-0.05, 0) is 12.1 Å². The van der Waals surface area contributed by atoms with Crippen molar-refractivity contribution < 1.29 is 14.3 Å². The summed E-state index contributed by atoms with van der Waals surface area (Å²) in [7, 11) is 0. The normalized spacial score (nSPS) is 10.6. The molecule has 0 aliphatic carbocycles. The summed E-state index contributed by atoms with van der Waals surface area (Å²) < 4.78 is 5.63. The smallest absolute Gasteiger partial charge is 0.409 e. The lowest BCUT2D eigenvalue weighted by Crippen LogP contribution is -2.34. The first-order valence-electron chi connectivity index (χ1n) is 5.09. The highest BCUT2D eigenvalue weighted by molar-refractivity contribution is 6.31. The van der Waals surface area contributed by atoms with Gasteiger partial charge in [0.1, 0.15) is 12.2 Å². The second-order valence-electron chi connectivity index (χ2n) is 3.52. The van der Waals surface area contributed by atoms with Crippen LogP contribution in [-0.4, -0.2) is 16.3 Å². The summed E-state index contributed by atoms with van der Waals surface area (Å²) in [6.07, 6.45) is 0. The zero-order chi connectivity index (χ0) is 14.0. The maximum atomic E-state index is 12.0. The van der Waals surface area contributed by atoms with E-state index in [1.807, 2.05) is 0 Å². The summed E-state index contributed by atoms with van der Waals surface area (Å²) in [5, 5.41) is 9.46. The number of rotatable bonds is 4. The Morgan fingerprint density at radius 3 is 2.84 bits per heavy atom. The van der Waals surface area contributed by atoms with E-state index < -0.39 is 23.0 Å². The summed E-state index contributed by atoms with van der Waals surface area (Å²) in [4.78, 5) is 37.6. The van der Waals surface area contributed by atoms with Crippen LogP contribution >= 0.6 is 11.6 Å². The van der Waals surface area contributed by atoms with E-state index in [0.717, 1.165) is 4.57 Å². The molecule has 1 aromatic heterocycles. The molecule has 100 valence electrons. The van der Waals surface area contributed by atoms with Crippen LogP contribution in [-0.2, 0) is 11.4 Å². The summed E-state index contributed by atoms with van der Waals surface area (Å²) in [5.74, 6) is -0.924. The van der Waals surface area contributed by atoms with Gasteiger partial charge in [0.2, 0.25) is 0 Å². The molecular weight excluding hydrogens is 280 g/mol. The molecule has 0 N–H and O–H groups in total. The van der Waals surface area contributed by atoms with Gasteiger partial charge in [-0.2, -0.15) is 0 Å². The minimum atomic E-state index is -1.01. The van der Waals surface area contributed by atoms with Crippen LogP contribution in [0.15, 0.2) is 32.2 Å². The van der Waals surface area contributed by atoms with Crippen molar-refractivity contribution >= 4 is 22.6 Å². The van der Waals surface area contributed by atoms with Crippen molar-refractivity contribution in [1.82, 2.24) is 4.57 Å². The van der Waals surface area contributed by atoms with Gasteiger partial charge in [0.15, 0.2) is 0 Å². The van der Waals surface area contributed by atoms with Gasteiger partial charge in [-0.1, -0.05) is 11.6 Å². The van der Waals surface area contributed by atoms with Crippen LogP contribution in [0.4, 0.5) is 0 Å². The molecule has 1 aromatic carbocycles. The third kappa shape index (κ3) is 2.74. The van der Waals surface area contributed by atoms with E-state index in [4.69, 9.17) is 16.0 Å². The van der Waals surface area contributed by atoms with Gasteiger partial charge >= 0.3 is 5.76 Å². The minimum absolute atomic E-state index is 0.0638. The lowest BCUT2D eigenvalue weighted by molar-refractivity contribution is -0.758. The van der Waals surface area contributed by atoms with E-state index in [-0.39, 0.29) is 17.5 Å². The first kappa shape index (κ1) is 13.1. The number of fused-ring (bicyclic) bond motifs is 1. The Labute approximate surface area is 109 Å². The molecule has 2 aromatic rings. The summed E-state index contributed by atoms with van der Waals surface area (Å²) >= 11 is 5.72. The first-order valence-corrected chi connectivity index (χ1v) is 5.47. The number of nitrogens with zero attached hydrogens (tertiary/aromatic N) is 2. The Bertz CT molecular complexity index is 750. The second kappa shape index (κ2) is 5.11. The van der Waals surface area contributed by atoms with Crippen LogP contribution in [0, 0.1) is 10.1 Å². The Balaban J connectivity index is 2.45. The molecule has 0 bridgehead atoms. The predicted octanol–water partition coefficient (Wildman–Crippen LogP) is 0.816. The molecule has 19 heavy (non-hydrogen) atoms. The van der Waals surface area contributed by atoms with Crippen LogP contribution in [0.2, 0.25) is 5.02 Å². The SMILES string of the molecule is O=c1oc2cc(Cl)ccc2c(=O)n1CCO[N+](=O)[O-]. The van der Waals surface area contributed by atoms with Crippen molar-refractivity contribution in [2.24, 2.45) is 0 Å². The predicted molar refractivity (Wildman–Crippen MR) is 64.7 cm³/mol. The number of halogens is 1. The summed E-state index contributed by atoms with van der Waals surface area (Å²) in [5.41, 5.74) is -0.552. The fourth-order valence-corrected chi connectivity index (χ4v) is 1.70. The molecule has 0 amide bonds. The van der Waals surface area contributed by atoms with Crippen molar-refractivity contribution in [3.8, 4) is 0 Å². The maximum absolute atomic E-state index is 12.0. The van der Waals surface area contributed by atoms with Gasteiger partial charge < -0.3 is 9.25 Å². The quantitative estimate of drug-likeness (QED) is 0.608. The molecule has 9 heteroatoms. The lowest BCUT2D eigenvalue weighted by Gasteiger charge is -2.04. The van der Waals surface area contributed by atoms with Crippen LogP contribution in [0.5, 0.6) is 0 Å². The standard InChI is InChI=1S/C10H7ClN2O6/c11-6-1-2-7-8(5-6)19-10(15)12(9(7)14)3-4-18-13(16)17/h1-2,5H,3-4H2. The fourth-order valence-electron chi connectivity index (χ4n) is 1.53. The van der Waals surface area contributed by atoms with E-state index in [0.29, 0.717) is 5.02 Å². The second-order valence-corrected chi connectivity index (χ2v) is 3.96. The highest BCUT2D eigenvalue weighted by Crippen LogP contribution is 2.14. The monoisotopic (exact) mass is 286 g/mol. The average Bonchev–Trinajstić information content (AvgIpc) is 2.32. The summed E-state index contributed by atoms with van der Waals surface area (Å²) in [6, 6.07) is 4.23. The van der Waals surface area contributed by atoms with Gasteiger partial charge in [0.25, 0.3) is 10.6 Å². The largest absolute Gasteiger partial charge is 0.422 e. The van der Waals surface area contributed by atoms with E-state index in [2.05, 4.69) is 4.84 Å². The van der Waals surface area contributed by atoms with E-state index in [9.17, 15) is 19.7 Å². The van der Waals surface area contributed by atoms with Gasteiger partial charge in [-0.3, -0.25) is 4.79 Å². The number of benzene rings is 1. The molecule has 0 atom stereocenters. The van der Waals surface area contributed by atoms with Crippen LogP contribution in [0.3, 0.4) is 0 Å². The molecule has 0 saturated heterocycles. The molecule has 0 saturated carbocycles. The van der Waals surface area contributed by atoms with Crippen molar-refractivity contribution in [3.05, 3.63) is 54.2 Å². The molecule has 2 rings (SSSR count). The average molecular weight is 287 g/mol. The molecule has 0 spiro atoms. The van der Waals surface area contributed by atoms with Gasteiger partial charge in [0, 0.05) is 11.1 Å². The number of hydrogen-bond acceptors (Lipinski definition) is 6.